The Kier molecular flexibility index (Phi) is 6.01. The van der Waals surface area contributed by atoms with Crippen LogP contribution in [0.4, 0.5) is 0 Å². The van der Waals surface area contributed by atoms with E-state index in [-0.39, 0.29) is 12.4 Å². The first-order valence-electron chi connectivity index (χ1n) is 7.08. The van der Waals surface area contributed by atoms with Gasteiger partial charge in [0.05, 0.1) is 20.4 Å². The molecule has 0 saturated heterocycles. The summed E-state index contributed by atoms with van der Waals surface area (Å²) in [6, 6.07) is 11.6. The number of aromatic hydroxyl groups is 1. The summed E-state index contributed by atoms with van der Waals surface area (Å²) < 4.78 is 15.8. The third-order valence-electron chi connectivity index (χ3n) is 3.03. The van der Waals surface area contributed by atoms with Gasteiger partial charge in [0.15, 0.2) is 18.1 Å². The molecule has 0 spiro atoms. The van der Waals surface area contributed by atoms with Gasteiger partial charge < -0.3 is 19.3 Å². The van der Waals surface area contributed by atoms with Crippen molar-refractivity contribution in [3.63, 3.8) is 0 Å². The molecular weight excluding hydrogens is 312 g/mol. The topological polar surface area (TPSA) is 89.4 Å². The Bertz CT molecular complexity index is 691. The monoisotopic (exact) mass is 330 g/mol. The lowest BCUT2D eigenvalue weighted by molar-refractivity contribution is -0.123. The minimum absolute atomic E-state index is 0.162. The van der Waals surface area contributed by atoms with Gasteiger partial charge in [-0.15, -0.1) is 0 Å². The number of nitrogens with zero attached hydrogens (tertiary/aromatic N) is 1. The summed E-state index contributed by atoms with van der Waals surface area (Å²) in [7, 11) is 3.01. The molecule has 0 aliphatic carbocycles. The van der Waals surface area contributed by atoms with Crippen LogP contribution >= 0.6 is 0 Å². The smallest absolute Gasteiger partial charge is 0.277 e. The van der Waals surface area contributed by atoms with Crippen LogP contribution in [0.2, 0.25) is 0 Å². The summed E-state index contributed by atoms with van der Waals surface area (Å²) in [5.74, 6) is 1.01. The van der Waals surface area contributed by atoms with Gasteiger partial charge in [-0.25, -0.2) is 5.43 Å². The molecule has 0 aliphatic rings. The number of phenols is 1. The first-order valence-corrected chi connectivity index (χ1v) is 7.08. The van der Waals surface area contributed by atoms with Gasteiger partial charge in [0.2, 0.25) is 5.75 Å². The number of carbonyl (C=O) groups is 1. The van der Waals surface area contributed by atoms with E-state index in [2.05, 4.69) is 10.5 Å². The van der Waals surface area contributed by atoms with Crippen LogP contribution < -0.4 is 19.6 Å². The van der Waals surface area contributed by atoms with E-state index < -0.39 is 5.91 Å². The molecule has 0 atom stereocenters. The maximum Gasteiger partial charge on any atom is 0.277 e. The van der Waals surface area contributed by atoms with E-state index in [0.717, 1.165) is 5.56 Å². The molecule has 24 heavy (non-hydrogen) atoms. The van der Waals surface area contributed by atoms with Gasteiger partial charge in [0, 0.05) is 0 Å². The number of hydrazone groups is 1. The van der Waals surface area contributed by atoms with Crippen LogP contribution in [-0.2, 0) is 4.79 Å². The molecule has 1 amide bonds. The van der Waals surface area contributed by atoms with E-state index in [4.69, 9.17) is 14.2 Å². The number of para-hydroxylation sites is 1. The number of rotatable bonds is 7. The van der Waals surface area contributed by atoms with E-state index in [1.165, 1.54) is 32.6 Å². The van der Waals surface area contributed by atoms with Crippen LogP contribution in [0.3, 0.4) is 0 Å². The molecule has 7 heteroatoms. The molecule has 0 radical (unpaired) electrons. The maximum atomic E-state index is 11.8. The molecule has 0 heterocycles. The fraction of sp³-hybridized carbons (Fsp3) is 0.176. The van der Waals surface area contributed by atoms with Gasteiger partial charge in [-0.05, 0) is 42.0 Å². The van der Waals surface area contributed by atoms with Crippen molar-refractivity contribution in [1.29, 1.82) is 0 Å². The van der Waals surface area contributed by atoms with Crippen molar-refractivity contribution >= 4 is 12.1 Å². The summed E-state index contributed by atoms with van der Waals surface area (Å²) in [4.78, 5) is 11.8. The molecule has 0 aliphatic heterocycles. The highest BCUT2D eigenvalue weighted by atomic mass is 16.5. The second-order valence-electron chi connectivity index (χ2n) is 4.67. The summed E-state index contributed by atoms with van der Waals surface area (Å²) in [5, 5.41) is 13.0. The van der Waals surface area contributed by atoms with Crippen molar-refractivity contribution < 1.29 is 24.1 Å². The van der Waals surface area contributed by atoms with Crippen molar-refractivity contribution in [3.8, 4) is 23.0 Å². The lowest BCUT2D eigenvalue weighted by Crippen LogP contribution is -2.24. The number of hydrogen-bond acceptors (Lipinski definition) is 6. The number of benzene rings is 2. The van der Waals surface area contributed by atoms with E-state index in [9.17, 15) is 9.90 Å². The fourth-order valence-electron chi connectivity index (χ4n) is 1.87. The first kappa shape index (κ1) is 17.1. The minimum Gasteiger partial charge on any atom is -0.508 e. The summed E-state index contributed by atoms with van der Waals surface area (Å²) in [6.07, 6.45) is 1.46. The quantitative estimate of drug-likeness (QED) is 0.598. The van der Waals surface area contributed by atoms with Crippen LogP contribution in [0.5, 0.6) is 23.0 Å². The second-order valence-corrected chi connectivity index (χ2v) is 4.67. The van der Waals surface area contributed by atoms with E-state index in [1.807, 2.05) is 0 Å². The second kappa shape index (κ2) is 8.42. The molecule has 2 aromatic carbocycles. The first-order chi connectivity index (χ1) is 11.6. The molecule has 7 nitrogen and oxygen atoms in total. The lowest BCUT2D eigenvalue weighted by atomic mass is 10.2. The van der Waals surface area contributed by atoms with Gasteiger partial charge in [-0.2, -0.15) is 5.10 Å². The van der Waals surface area contributed by atoms with Gasteiger partial charge >= 0.3 is 0 Å². The molecule has 126 valence electrons. The number of nitrogens with one attached hydrogen (secondary N) is 1. The molecule has 2 N–H and O–H groups in total. The molecule has 0 bridgehead atoms. The van der Waals surface area contributed by atoms with Crippen molar-refractivity contribution in [2.24, 2.45) is 5.10 Å². The molecule has 0 saturated carbocycles. The molecule has 2 aromatic rings. The summed E-state index contributed by atoms with van der Waals surface area (Å²) in [5.41, 5.74) is 3.09. The molecule has 0 fully saturated rings. The Morgan fingerprint density at radius 3 is 2.33 bits per heavy atom. The highest BCUT2D eigenvalue weighted by Gasteiger charge is 2.12. The number of hydrogen-bond donors (Lipinski definition) is 2. The number of ether oxygens (including phenoxy) is 3. The largest absolute Gasteiger partial charge is 0.508 e. The van der Waals surface area contributed by atoms with E-state index in [0.29, 0.717) is 17.2 Å². The third kappa shape index (κ3) is 4.64. The van der Waals surface area contributed by atoms with E-state index in [1.54, 1.807) is 30.3 Å². The van der Waals surface area contributed by atoms with Crippen LogP contribution in [0.15, 0.2) is 47.6 Å². The van der Waals surface area contributed by atoms with Gasteiger partial charge in [0.1, 0.15) is 5.75 Å². The lowest BCUT2D eigenvalue weighted by Gasteiger charge is -2.13. The summed E-state index contributed by atoms with van der Waals surface area (Å²) >= 11 is 0. The van der Waals surface area contributed by atoms with Crippen LogP contribution in [0, 0.1) is 0 Å². The Morgan fingerprint density at radius 1 is 1.12 bits per heavy atom. The zero-order chi connectivity index (χ0) is 17.4. The minimum atomic E-state index is -0.432. The Labute approximate surface area is 139 Å². The molecule has 2 rings (SSSR count). The SMILES string of the molecule is COc1cccc(OC)c1OCC(=O)N/N=C\c1ccc(O)cc1. The predicted octanol–water partition coefficient (Wildman–Crippen LogP) is 1.94. The number of carbonyl (C=O) groups excluding carboxylic acids is 1. The molecular formula is C17H18N2O5. The van der Waals surface area contributed by atoms with Crippen LogP contribution in [0.1, 0.15) is 5.56 Å². The summed E-state index contributed by atoms with van der Waals surface area (Å²) in [6.45, 7) is -0.246. The van der Waals surface area contributed by atoms with Gasteiger partial charge in [0.25, 0.3) is 5.91 Å². The fourth-order valence-corrected chi connectivity index (χ4v) is 1.87. The maximum absolute atomic E-state index is 11.8. The highest BCUT2D eigenvalue weighted by molar-refractivity contribution is 5.83. The Hall–Kier alpha value is -3.22. The average Bonchev–Trinajstić information content (AvgIpc) is 2.61. The predicted molar refractivity (Wildman–Crippen MR) is 88.9 cm³/mol. The zero-order valence-corrected chi connectivity index (χ0v) is 13.4. The van der Waals surface area contributed by atoms with Crippen molar-refractivity contribution in [3.05, 3.63) is 48.0 Å². The molecule has 0 unspecified atom stereocenters. The van der Waals surface area contributed by atoms with Crippen LogP contribution in [0.25, 0.3) is 0 Å². The van der Waals surface area contributed by atoms with E-state index >= 15 is 0 Å². The number of amides is 1. The van der Waals surface area contributed by atoms with Crippen molar-refractivity contribution in [1.82, 2.24) is 5.43 Å². The normalized spacial score (nSPS) is 10.4. The molecule has 0 aromatic heterocycles. The highest BCUT2D eigenvalue weighted by Crippen LogP contribution is 2.36. The van der Waals surface area contributed by atoms with Crippen molar-refractivity contribution in [2.75, 3.05) is 20.8 Å². The zero-order valence-electron chi connectivity index (χ0n) is 13.4. The van der Waals surface area contributed by atoms with Gasteiger partial charge in [-0.1, -0.05) is 6.07 Å². The van der Waals surface area contributed by atoms with Gasteiger partial charge in [-0.3, -0.25) is 4.79 Å². The third-order valence-corrected chi connectivity index (χ3v) is 3.03. The number of methoxy groups -OCH3 is 2. The van der Waals surface area contributed by atoms with Crippen LogP contribution in [-0.4, -0.2) is 38.1 Å². The van der Waals surface area contributed by atoms with Crippen molar-refractivity contribution in [2.45, 2.75) is 0 Å². The standard InChI is InChI=1S/C17H18N2O5/c1-22-14-4-3-5-15(23-2)17(14)24-11-16(21)19-18-10-12-6-8-13(20)9-7-12/h3-10,20H,11H2,1-2H3,(H,19,21)/b18-10-. The Balaban J connectivity index is 1.90. The Morgan fingerprint density at radius 2 is 1.75 bits per heavy atom. The average molecular weight is 330 g/mol. The number of phenolic OH excluding ortho intramolecular Hbond substituents is 1.